The maximum absolute atomic E-state index is 12.4. The summed E-state index contributed by atoms with van der Waals surface area (Å²) < 4.78 is 0.547. The number of thiocarbonyl (C=S) groups is 1. The Balaban J connectivity index is 1.33. The number of nitrogens with one attached hydrogen (secondary N) is 1. The van der Waals surface area contributed by atoms with Gasteiger partial charge in [0.1, 0.15) is 10.9 Å². The Hall–Kier alpha value is -0.660. The quantitative estimate of drug-likeness (QED) is 0.713. The Bertz CT molecular complexity index is 485. The lowest BCUT2D eigenvalue weighted by molar-refractivity contribution is -0.137. The first-order valence-electron chi connectivity index (χ1n) is 9.59. The van der Waals surface area contributed by atoms with Gasteiger partial charge in [0.05, 0.1) is 5.75 Å². The number of nitrogens with zero attached hydrogens (tertiary/aromatic N) is 2. The zero-order valence-electron chi connectivity index (χ0n) is 14.9. The van der Waals surface area contributed by atoms with Crippen molar-refractivity contribution in [3.05, 3.63) is 0 Å². The number of carbonyl (C=O) groups excluding carboxylic acids is 2. The van der Waals surface area contributed by atoms with Crippen LogP contribution in [0.3, 0.4) is 0 Å². The number of hydrogen-bond donors (Lipinski definition) is 1. The molecule has 1 N–H and O–H groups in total. The molecule has 3 aliphatic heterocycles. The molecule has 0 unspecified atom stereocenters. The molecule has 0 aliphatic carbocycles. The fraction of sp³-hybridized carbons (Fsp3) is 0.833. The van der Waals surface area contributed by atoms with Crippen LogP contribution in [0.2, 0.25) is 0 Å². The number of likely N-dealkylation sites (tertiary alicyclic amines) is 1. The van der Waals surface area contributed by atoms with Crippen molar-refractivity contribution in [1.82, 2.24) is 15.1 Å². The van der Waals surface area contributed by atoms with Gasteiger partial charge < -0.3 is 10.2 Å². The molecule has 3 aliphatic rings. The van der Waals surface area contributed by atoms with Crippen molar-refractivity contribution in [2.75, 3.05) is 38.5 Å². The van der Waals surface area contributed by atoms with E-state index in [1.54, 1.807) is 0 Å². The topological polar surface area (TPSA) is 52.7 Å². The third-order valence-electron chi connectivity index (χ3n) is 5.78. The Morgan fingerprint density at radius 2 is 1.76 bits per heavy atom. The second kappa shape index (κ2) is 9.33. The fourth-order valence-electron chi connectivity index (χ4n) is 4.11. The molecule has 0 atom stereocenters. The minimum Gasteiger partial charge on any atom is -0.341 e. The van der Waals surface area contributed by atoms with E-state index in [2.05, 4.69) is 5.32 Å². The van der Waals surface area contributed by atoms with Crippen molar-refractivity contribution in [2.24, 2.45) is 11.8 Å². The maximum atomic E-state index is 12.4. The summed E-state index contributed by atoms with van der Waals surface area (Å²) in [5, 5.41) is 3.43. The van der Waals surface area contributed by atoms with Crippen LogP contribution in [0.1, 0.15) is 44.9 Å². The number of carbonyl (C=O) groups is 2. The molecule has 140 valence electrons. The van der Waals surface area contributed by atoms with Crippen molar-refractivity contribution in [3.8, 4) is 0 Å². The summed E-state index contributed by atoms with van der Waals surface area (Å²) in [5.74, 6) is 2.08. The molecule has 0 aromatic heterocycles. The van der Waals surface area contributed by atoms with Gasteiger partial charge in [-0.3, -0.25) is 14.5 Å². The molecule has 5 nitrogen and oxygen atoms in total. The van der Waals surface area contributed by atoms with Crippen LogP contribution in [-0.2, 0) is 9.59 Å². The van der Waals surface area contributed by atoms with E-state index in [1.807, 2.05) is 4.90 Å². The predicted molar refractivity (Wildman–Crippen MR) is 106 cm³/mol. The van der Waals surface area contributed by atoms with Gasteiger partial charge in [-0.2, -0.15) is 0 Å². The summed E-state index contributed by atoms with van der Waals surface area (Å²) >= 11 is 6.51. The molecule has 0 saturated carbocycles. The lowest BCUT2D eigenvalue weighted by Crippen LogP contribution is -2.45. The molecule has 3 saturated heterocycles. The largest absolute Gasteiger partial charge is 0.341 e. The maximum Gasteiger partial charge on any atom is 0.242 e. The summed E-state index contributed by atoms with van der Waals surface area (Å²) in [7, 11) is 0. The van der Waals surface area contributed by atoms with Gasteiger partial charge in [0.2, 0.25) is 11.8 Å². The molecule has 0 radical (unpaired) electrons. The summed E-state index contributed by atoms with van der Waals surface area (Å²) in [6, 6.07) is 0. The van der Waals surface area contributed by atoms with Gasteiger partial charge in [0, 0.05) is 13.1 Å². The van der Waals surface area contributed by atoms with E-state index >= 15 is 0 Å². The number of piperidine rings is 2. The third-order valence-corrected chi connectivity index (χ3v) is 7.22. The van der Waals surface area contributed by atoms with Crippen LogP contribution in [0, 0.1) is 11.8 Å². The predicted octanol–water partition coefficient (Wildman–Crippen LogP) is 2.26. The fourth-order valence-corrected chi connectivity index (χ4v) is 5.17. The number of hydrogen-bond acceptors (Lipinski definition) is 5. The Morgan fingerprint density at radius 1 is 1.12 bits per heavy atom. The second-order valence-corrected chi connectivity index (χ2v) is 9.09. The molecule has 3 rings (SSSR count). The van der Waals surface area contributed by atoms with Crippen molar-refractivity contribution in [1.29, 1.82) is 0 Å². The van der Waals surface area contributed by atoms with Crippen LogP contribution < -0.4 is 5.32 Å². The SMILES string of the molecule is O=C(CN1C(=O)CSC1=S)N1CCC(CCCC2CCNCC2)CC1. The van der Waals surface area contributed by atoms with Crippen molar-refractivity contribution < 1.29 is 9.59 Å². The highest BCUT2D eigenvalue weighted by Crippen LogP contribution is 2.26. The minimum atomic E-state index is -0.0313. The zero-order valence-corrected chi connectivity index (χ0v) is 16.5. The van der Waals surface area contributed by atoms with Gasteiger partial charge in [-0.1, -0.05) is 43.2 Å². The highest BCUT2D eigenvalue weighted by molar-refractivity contribution is 8.23. The third kappa shape index (κ3) is 5.41. The average molecular weight is 384 g/mol. The molecule has 0 aromatic carbocycles. The van der Waals surface area contributed by atoms with E-state index in [0.717, 1.165) is 37.8 Å². The average Bonchev–Trinajstić information content (AvgIpc) is 2.95. The van der Waals surface area contributed by atoms with Gasteiger partial charge >= 0.3 is 0 Å². The Labute approximate surface area is 160 Å². The Kier molecular flexibility index (Phi) is 7.13. The summed E-state index contributed by atoms with van der Waals surface area (Å²) in [6.07, 6.45) is 8.88. The zero-order chi connectivity index (χ0) is 17.6. The van der Waals surface area contributed by atoms with E-state index in [9.17, 15) is 9.59 Å². The first-order chi connectivity index (χ1) is 12.1. The normalized spacial score (nSPS) is 23.5. The molecule has 2 amide bonds. The number of amides is 2. The highest BCUT2D eigenvalue weighted by atomic mass is 32.2. The molecule has 3 fully saturated rings. The van der Waals surface area contributed by atoms with Crippen LogP contribution in [-0.4, -0.2) is 64.4 Å². The van der Waals surface area contributed by atoms with Crippen molar-refractivity contribution >= 4 is 40.1 Å². The summed E-state index contributed by atoms with van der Waals surface area (Å²) in [4.78, 5) is 27.6. The summed E-state index contributed by atoms with van der Waals surface area (Å²) in [6.45, 7) is 4.17. The van der Waals surface area contributed by atoms with Gasteiger partial charge in [-0.05, 0) is 50.6 Å². The molecule has 25 heavy (non-hydrogen) atoms. The van der Waals surface area contributed by atoms with E-state index in [-0.39, 0.29) is 18.4 Å². The molecule has 3 heterocycles. The van der Waals surface area contributed by atoms with E-state index < -0.39 is 0 Å². The number of rotatable bonds is 6. The molecular formula is C18H29N3O2S2. The first kappa shape index (κ1) is 19.1. The van der Waals surface area contributed by atoms with Gasteiger partial charge in [-0.25, -0.2) is 0 Å². The van der Waals surface area contributed by atoms with E-state index in [4.69, 9.17) is 12.2 Å². The Morgan fingerprint density at radius 3 is 2.36 bits per heavy atom. The molecular weight excluding hydrogens is 354 g/mol. The minimum absolute atomic E-state index is 0.0313. The summed E-state index contributed by atoms with van der Waals surface area (Å²) in [5.41, 5.74) is 0. The lowest BCUT2D eigenvalue weighted by Gasteiger charge is -2.33. The number of thioether (sulfide) groups is 1. The van der Waals surface area contributed by atoms with E-state index in [0.29, 0.717) is 10.1 Å². The molecule has 7 heteroatoms. The standard InChI is InChI=1S/C18H29N3O2S2/c22-16(12-21-17(23)13-25-18(21)24)20-10-6-15(7-11-20)3-1-2-14-4-8-19-9-5-14/h14-15,19H,1-13H2. The smallest absolute Gasteiger partial charge is 0.242 e. The highest BCUT2D eigenvalue weighted by Gasteiger charge is 2.31. The van der Waals surface area contributed by atoms with Crippen molar-refractivity contribution in [2.45, 2.75) is 44.9 Å². The van der Waals surface area contributed by atoms with Crippen LogP contribution in [0.25, 0.3) is 0 Å². The van der Waals surface area contributed by atoms with E-state index in [1.165, 1.54) is 61.9 Å². The van der Waals surface area contributed by atoms with Gasteiger partial charge in [-0.15, -0.1) is 0 Å². The lowest BCUT2D eigenvalue weighted by atomic mass is 9.87. The van der Waals surface area contributed by atoms with Crippen molar-refractivity contribution in [3.63, 3.8) is 0 Å². The second-order valence-electron chi connectivity index (χ2n) is 7.48. The molecule has 0 spiro atoms. The first-order valence-corrected chi connectivity index (χ1v) is 11.0. The van der Waals surface area contributed by atoms with Crippen LogP contribution in [0.15, 0.2) is 0 Å². The van der Waals surface area contributed by atoms with Gasteiger partial charge in [0.25, 0.3) is 0 Å². The molecule has 0 bridgehead atoms. The van der Waals surface area contributed by atoms with Crippen LogP contribution >= 0.6 is 24.0 Å². The monoisotopic (exact) mass is 383 g/mol. The van der Waals surface area contributed by atoms with Crippen LogP contribution in [0.5, 0.6) is 0 Å². The van der Waals surface area contributed by atoms with Gasteiger partial charge in [0.15, 0.2) is 0 Å². The van der Waals surface area contributed by atoms with Crippen LogP contribution in [0.4, 0.5) is 0 Å². The molecule has 0 aromatic rings.